The number of rotatable bonds is 3. The van der Waals surface area contributed by atoms with Crippen LogP contribution in [0.1, 0.15) is 5.69 Å². The quantitative estimate of drug-likeness (QED) is 0.748. The Hall–Kier alpha value is -1.92. The van der Waals surface area contributed by atoms with Crippen molar-refractivity contribution in [2.75, 3.05) is 4.72 Å². The second-order valence-corrected chi connectivity index (χ2v) is 7.37. The highest BCUT2D eigenvalue weighted by Gasteiger charge is 2.18. The number of benzene rings is 2. The first-order chi connectivity index (χ1) is 10.5. The maximum Gasteiger partial charge on any atom is 0.263 e. The Morgan fingerprint density at radius 1 is 0.955 bits per heavy atom. The van der Waals surface area contributed by atoms with Gasteiger partial charge in [-0.25, -0.2) is 13.4 Å². The predicted octanol–water partition coefficient (Wildman–Crippen LogP) is 4.11. The Kier molecular flexibility index (Phi) is 3.88. The Morgan fingerprint density at radius 2 is 1.68 bits per heavy atom. The highest BCUT2D eigenvalue weighted by molar-refractivity contribution is 9.10. The summed E-state index contributed by atoms with van der Waals surface area (Å²) in [6.07, 6.45) is 0. The summed E-state index contributed by atoms with van der Waals surface area (Å²) in [5.41, 5.74) is 0.751. The SMILES string of the molecule is Cc1cccc(NS(=O)(=O)c2ccc(Br)c3ccccc23)n1. The lowest BCUT2D eigenvalue weighted by Crippen LogP contribution is -2.14. The van der Waals surface area contributed by atoms with E-state index in [-0.39, 0.29) is 4.90 Å². The van der Waals surface area contributed by atoms with Crippen molar-refractivity contribution in [1.82, 2.24) is 4.98 Å². The van der Waals surface area contributed by atoms with Crippen molar-refractivity contribution in [3.63, 3.8) is 0 Å². The molecule has 3 rings (SSSR count). The lowest BCUT2D eigenvalue weighted by molar-refractivity contribution is 0.602. The number of aryl methyl sites for hydroxylation is 1. The van der Waals surface area contributed by atoms with Crippen molar-refractivity contribution in [3.8, 4) is 0 Å². The van der Waals surface area contributed by atoms with Crippen LogP contribution in [-0.2, 0) is 10.0 Å². The van der Waals surface area contributed by atoms with Crippen LogP contribution in [0.2, 0.25) is 0 Å². The maximum atomic E-state index is 12.7. The van der Waals surface area contributed by atoms with Gasteiger partial charge in [-0.2, -0.15) is 0 Å². The first-order valence-corrected chi connectivity index (χ1v) is 8.89. The van der Waals surface area contributed by atoms with Crippen LogP contribution in [0.4, 0.5) is 5.82 Å². The van der Waals surface area contributed by atoms with Crippen molar-refractivity contribution in [1.29, 1.82) is 0 Å². The average Bonchev–Trinajstić information content (AvgIpc) is 2.47. The number of nitrogens with zero attached hydrogens (tertiary/aromatic N) is 1. The molecule has 112 valence electrons. The molecule has 1 aromatic heterocycles. The normalized spacial score (nSPS) is 11.5. The number of fused-ring (bicyclic) bond motifs is 1. The molecule has 0 aliphatic heterocycles. The van der Waals surface area contributed by atoms with Crippen LogP contribution in [0.3, 0.4) is 0 Å². The fourth-order valence-corrected chi connectivity index (χ4v) is 3.95. The van der Waals surface area contributed by atoms with Crippen molar-refractivity contribution >= 4 is 42.5 Å². The van der Waals surface area contributed by atoms with Gasteiger partial charge in [0.05, 0.1) is 4.90 Å². The number of hydrogen-bond acceptors (Lipinski definition) is 3. The van der Waals surface area contributed by atoms with E-state index in [4.69, 9.17) is 0 Å². The zero-order valence-corrected chi connectivity index (χ0v) is 14.1. The first kappa shape index (κ1) is 15.0. The Balaban J connectivity index is 2.12. The molecule has 0 unspecified atom stereocenters. The predicted molar refractivity (Wildman–Crippen MR) is 91.4 cm³/mol. The minimum Gasteiger partial charge on any atom is -0.263 e. The van der Waals surface area contributed by atoms with Gasteiger partial charge in [-0.15, -0.1) is 0 Å². The summed E-state index contributed by atoms with van der Waals surface area (Å²) in [7, 11) is -3.71. The molecule has 6 heteroatoms. The van der Waals surface area contributed by atoms with Gasteiger partial charge in [0.1, 0.15) is 5.82 Å². The van der Waals surface area contributed by atoms with Gasteiger partial charge in [-0.05, 0) is 36.6 Å². The number of sulfonamides is 1. The van der Waals surface area contributed by atoms with Gasteiger partial charge in [0.25, 0.3) is 10.0 Å². The zero-order valence-electron chi connectivity index (χ0n) is 11.7. The molecule has 4 nitrogen and oxygen atoms in total. The third-order valence-electron chi connectivity index (χ3n) is 3.25. The molecule has 0 spiro atoms. The van der Waals surface area contributed by atoms with Gasteiger partial charge >= 0.3 is 0 Å². The standard InChI is InChI=1S/C16H13BrN2O2S/c1-11-5-4-8-16(18-11)19-22(20,21)15-10-9-14(17)12-6-2-3-7-13(12)15/h2-10H,1H3,(H,18,19). The highest BCUT2D eigenvalue weighted by atomic mass is 79.9. The van der Waals surface area contributed by atoms with Crippen molar-refractivity contribution in [2.45, 2.75) is 11.8 Å². The summed E-state index contributed by atoms with van der Waals surface area (Å²) in [6, 6.07) is 15.9. The Labute approximate surface area is 137 Å². The molecule has 2 aromatic carbocycles. The minimum absolute atomic E-state index is 0.231. The lowest BCUT2D eigenvalue weighted by atomic mass is 10.1. The van der Waals surface area contributed by atoms with E-state index in [0.29, 0.717) is 11.2 Å². The summed E-state index contributed by atoms with van der Waals surface area (Å²) < 4.78 is 28.7. The molecule has 0 bridgehead atoms. The van der Waals surface area contributed by atoms with E-state index in [0.717, 1.165) is 15.6 Å². The third-order valence-corrected chi connectivity index (χ3v) is 5.35. The van der Waals surface area contributed by atoms with E-state index in [1.807, 2.05) is 31.2 Å². The van der Waals surface area contributed by atoms with Crippen LogP contribution in [0.25, 0.3) is 10.8 Å². The fourth-order valence-electron chi connectivity index (χ4n) is 2.26. The van der Waals surface area contributed by atoms with E-state index in [2.05, 4.69) is 25.6 Å². The molecule has 0 fully saturated rings. The first-order valence-electron chi connectivity index (χ1n) is 6.61. The highest BCUT2D eigenvalue weighted by Crippen LogP contribution is 2.30. The van der Waals surface area contributed by atoms with Crippen LogP contribution in [0.5, 0.6) is 0 Å². The van der Waals surface area contributed by atoms with Gasteiger partial charge < -0.3 is 0 Å². The van der Waals surface area contributed by atoms with E-state index >= 15 is 0 Å². The van der Waals surface area contributed by atoms with Gasteiger partial charge in [0.15, 0.2) is 0 Å². The van der Waals surface area contributed by atoms with E-state index < -0.39 is 10.0 Å². The molecule has 0 atom stereocenters. The largest absolute Gasteiger partial charge is 0.263 e. The van der Waals surface area contributed by atoms with Crippen LogP contribution < -0.4 is 4.72 Å². The van der Waals surface area contributed by atoms with Crippen LogP contribution in [-0.4, -0.2) is 13.4 Å². The van der Waals surface area contributed by atoms with E-state index in [1.165, 1.54) is 0 Å². The summed E-state index contributed by atoms with van der Waals surface area (Å²) in [4.78, 5) is 4.41. The number of nitrogens with one attached hydrogen (secondary N) is 1. The lowest BCUT2D eigenvalue weighted by Gasteiger charge is -2.11. The molecule has 22 heavy (non-hydrogen) atoms. The van der Waals surface area contributed by atoms with E-state index in [9.17, 15) is 8.42 Å². The molecule has 3 aromatic rings. The van der Waals surface area contributed by atoms with Crippen LogP contribution in [0, 0.1) is 6.92 Å². The summed E-state index contributed by atoms with van der Waals surface area (Å²) in [5.74, 6) is 0.312. The number of pyridine rings is 1. The number of hydrogen-bond donors (Lipinski definition) is 1. The second-order valence-electron chi connectivity index (χ2n) is 4.86. The zero-order chi connectivity index (χ0) is 15.7. The average molecular weight is 377 g/mol. The molecule has 0 aliphatic rings. The van der Waals surface area contributed by atoms with Crippen molar-refractivity contribution in [2.24, 2.45) is 0 Å². The molecule has 0 saturated heterocycles. The van der Waals surface area contributed by atoms with Crippen LogP contribution in [0.15, 0.2) is 64.0 Å². The summed E-state index contributed by atoms with van der Waals surface area (Å²) in [6.45, 7) is 1.81. The third kappa shape index (κ3) is 2.84. The molecular formula is C16H13BrN2O2S. The topological polar surface area (TPSA) is 59.1 Å². The maximum absolute atomic E-state index is 12.7. The van der Waals surface area contributed by atoms with Gasteiger partial charge in [0, 0.05) is 15.6 Å². The van der Waals surface area contributed by atoms with E-state index in [1.54, 1.807) is 30.3 Å². The molecule has 0 aliphatic carbocycles. The Bertz CT molecular complexity index is 955. The van der Waals surface area contributed by atoms with Crippen molar-refractivity contribution < 1.29 is 8.42 Å². The smallest absolute Gasteiger partial charge is 0.263 e. The number of anilines is 1. The molecular weight excluding hydrogens is 364 g/mol. The number of halogens is 1. The summed E-state index contributed by atoms with van der Waals surface area (Å²) in [5, 5.41) is 1.51. The molecule has 0 radical (unpaired) electrons. The molecule has 0 amide bonds. The van der Waals surface area contributed by atoms with Gasteiger partial charge in [-0.1, -0.05) is 46.3 Å². The van der Waals surface area contributed by atoms with Gasteiger partial charge in [0.2, 0.25) is 0 Å². The molecule has 1 N–H and O–H groups in total. The second kappa shape index (κ2) is 5.70. The monoisotopic (exact) mass is 376 g/mol. The Morgan fingerprint density at radius 3 is 2.41 bits per heavy atom. The fraction of sp³-hybridized carbons (Fsp3) is 0.0625. The van der Waals surface area contributed by atoms with Crippen molar-refractivity contribution in [3.05, 3.63) is 64.8 Å². The van der Waals surface area contributed by atoms with Gasteiger partial charge in [-0.3, -0.25) is 4.72 Å². The molecule has 0 saturated carbocycles. The summed E-state index contributed by atoms with van der Waals surface area (Å²) >= 11 is 3.45. The molecule has 1 heterocycles. The minimum atomic E-state index is -3.71. The number of aromatic nitrogens is 1. The van der Waals surface area contributed by atoms with Crippen LogP contribution >= 0.6 is 15.9 Å².